The molecule has 0 aromatic heterocycles. The second-order valence-corrected chi connectivity index (χ2v) is 5.63. The predicted molar refractivity (Wildman–Crippen MR) is 84.0 cm³/mol. The third-order valence-electron chi connectivity index (χ3n) is 3.24. The fourth-order valence-electron chi connectivity index (χ4n) is 2.18. The Morgan fingerprint density at radius 2 is 1.81 bits per heavy atom. The molecule has 1 aliphatic rings. The van der Waals surface area contributed by atoms with Gasteiger partial charge in [0.15, 0.2) is 17.3 Å². The number of carbonyl (C=O) groups excluding carboxylic acids is 1. The minimum absolute atomic E-state index is 0.107. The molecule has 1 heterocycles. The summed E-state index contributed by atoms with van der Waals surface area (Å²) < 4.78 is 11.9. The number of carbonyl (C=O) groups is 1. The number of rotatable bonds is 2. The number of anilines is 1. The van der Waals surface area contributed by atoms with Crippen molar-refractivity contribution in [1.29, 1.82) is 0 Å². The van der Waals surface area contributed by atoms with Gasteiger partial charge in [-0.2, -0.15) is 0 Å². The molecule has 2 N–H and O–H groups in total. The van der Waals surface area contributed by atoms with Gasteiger partial charge < -0.3 is 15.2 Å². The van der Waals surface area contributed by atoms with Crippen LogP contribution in [0.3, 0.4) is 0 Å². The Hall–Kier alpha value is -2.01. The summed E-state index contributed by atoms with van der Waals surface area (Å²) in [6, 6.07) is 10.4. The maximum atomic E-state index is 12.6. The normalized spacial score (nSPS) is 13.6. The van der Waals surface area contributed by atoms with Gasteiger partial charge in [-0.3, -0.25) is 4.79 Å². The maximum Gasteiger partial charge on any atom is 0.194 e. The van der Waals surface area contributed by atoms with Crippen molar-refractivity contribution in [1.82, 2.24) is 0 Å². The van der Waals surface area contributed by atoms with Crippen LogP contribution in [0.5, 0.6) is 11.5 Å². The largest absolute Gasteiger partial charge is 0.490 e. The molecular formula is C16H14BrNO3. The van der Waals surface area contributed by atoms with Crippen molar-refractivity contribution in [3.05, 3.63) is 52.0 Å². The van der Waals surface area contributed by atoms with E-state index in [1.165, 1.54) is 0 Å². The molecule has 0 saturated carbocycles. The van der Waals surface area contributed by atoms with Crippen LogP contribution in [0.1, 0.15) is 22.3 Å². The van der Waals surface area contributed by atoms with E-state index in [1.807, 2.05) is 0 Å². The zero-order valence-electron chi connectivity index (χ0n) is 11.3. The molecule has 21 heavy (non-hydrogen) atoms. The van der Waals surface area contributed by atoms with Gasteiger partial charge in [-0.15, -0.1) is 0 Å². The first kappa shape index (κ1) is 13.9. The second kappa shape index (κ2) is 5.77. The van der Waals surface area contributed by atoms with Crippen molar-refractivity contribution in [2.24, 2.45) is 0 Å². The first-order valence-corrected chi connectivity index (χ1v) is 7.44. The molecule has 0 spiro atoms. The summed E-state index contributed by atoms with van der Waals surface area (Å²) in [5, 5.41) is 0. The summed E-state index contributed by atoms with van der Waals surface area (Å²) in [5.41, 5.74) is 7.39. The van der Waals surface area contributed by atoms with Gasteiger partial charge in [0.05, 0.1) is 13.2 Å². The Bertz CT molecular complexity index is 700. The van der Waals surface area contributed by atoms with Gasteiger partial charge >= 0.3 is 0 Å². The van der Waals surface area contributed by atoms with Crippen molar-refractivity contribution < 1.29 is 14.3 Å². The zero-order chi connectivity index (χ0) is 14.8. The van der Waals surface area contributed by atoms with Crippen molar-refractivity contribution >= 4 is 27.4 Å². The van der Waals surface area contributed by atoms with Gasteiger partial charge in [0.1, 0.15) is 0 Å². The molecule has 0 unspecified atom stereocenters. The average Bonchev–Trinajstić information content (AvgIpc) is 2.73. The van der Waals surface area contributed by atoms with Gasteiger partial charge in [0.2, 0.25) is 0 Å². The lowest BCUT2D eigenvalue weighted by Crippen LogP contribution is -2.04. The third-order valence-corrected chi connectivity index (χ3v) is 3.94. The summed E-state index contributed by atoms with van der Waals surface area (Å²) in [6.07, 6.45) is 0.832. The van der Waals surface area contributed by atoms with Crippen molar-refractivity contribution in [2.45, 2.75) is 6.42 Å². The molecule has 2 aromatic rings. The van der Waals surface area contributed by atoms with Crippen LogP contribution in [-0.4, -0.2) is 19.0 Å². The number of nitrogens with two attached hydrogens (primary N) is 1. The minimum Gasteiger partial charge on any atom is -0.490 e. The van der Waals surface area contributed by atoms with E-state index >= 15 is 0 Å². The van der Waals surface area contributed by atoms with Crippen LogP contribution in [0.2, 0.25) is 0 Å². The molecule has 0 aliphatic carbocycles. The Kier molecular flexibility index (Phi) is 3.84. The van der Waals surface area contributed by atoms with Crippen molar-refractivity contribution in [3.8, 4) is 11.5 Å². The SMILES string of the molecule is Nc1ccc(Br)c(C(=O)c2ccc3c(c2)OCCCO3)c1. The highest BCUT2D eigenvalue weighted by Crippen LogP contribution is 2.32. The van der Waals surface area contributed by atoms with Crippen LogP contribution in [0.25, 0.3) is 0 Å². The van der Waals surface area contributed by atoms with Crippen molar-refractivity contribution in [2.75, 3.05) is 18.9 Å². The number of ether oxygens (including phenoxy) is 2. The molecule has 0 fully saturated rings. The Morgan fingerprint density at radius 1 is 1.05 bits per heavy atom. The van der Waals surface area contributed by atoms with Gasteiger partial charge in [-0.1, -0.05) is 15.9 Å². The summed E-state index contributed by atoms with van der Waals surface area (Å²) in [5.74, 6) is 1.18. The van der Waals surface area contributed by atoms with E-state index in [1.54, 1.807) is 36.4 Å². The van der Waals surface area contributed by atoms with E-state index in [0.29, 0.717) is 46.0 Å². The highest BCUT2D eigenvalue weighted by atomic mass is 79.9. The molecule has 5 heteroatoms. The van der Waals surface area contributed by atoms with E-state index < -0.39 is 0 Å². The number of benzene rings is 2. The number of halogens is 1. The maximum absolute atomic E-state index is 12.6. The molecule has 0 radical (unpaired) electrons. The lowest BCUT2D eigenvalue weighted by atomic mass is 10.0. The van der Waals surface area contributed by atoms with E-state index in [-0.39, 0.29) is 5.78 Å². The molecule has 0 atom stereocenters. The fraction of sp³-hybridized carbons (Fsp3) is 0.188. The number of hydrogen-bond donors (Lipinski definition) is 1. The molecule has 1 aliphatic heterocycles. The first-order chi connectivity index (χ1) is 10.1. The van der Waals surface area contributed by atoms with Gasteiger partial charge in [-0.05, 0) is 36.4 Å². The molecule has 108 valence electrons. The Balaban J connectivity index is 1.98. The Morgan fingerprint density at radius 3 is 2.62 bits per heavy atom. The summed E-state index contributed by atoms with van der Waals surface area (Å²) in [4.78, 5) is 12.6. The fourth-order valence-corrected chi connectivity index (χ4v) is 2.60. The van der Waals surface area contributed by atoms with Crippen LogP contribution < -0.4 is 15.2 Å². The highest BCUT2D eigenvalue weighted by Gasteiger charge is 2.17. The first-order valence-electron chi connectivity index (χ1n) is 6.64. The number of fused-ring (bicyclic) bond motifs is 1. The van der Waals surface area contributed by atoms with E-state index in [0.717, 1.165) is 6.42 Å². The van der Waals surface area contributed by atoms with Gasteiger partial charge in [0.25, 0.3) is 0 Å². The molecule has 3 rings (SSSR count). The van der Waals surface area contributed by atoms with E-state index in [4.69, 9.17) is 15.2 Å². The smallest absolute Gasteiger partial charge is 0.194 e. The highest BCUT2D eigenvalue weighted by molar-refractivity contribution is 9.10. The average molecular weight is 348 g/mol. The topological polar surface area (TPSA) is 61.6 Å². The lowest BCUT2D eigenvalue weighted by molar-refractivity contribution is 0.103. The number of hydrogen-bond acceptors (Lipinski definition) is 4. The van der Waals surface area contributed by atoms with Crippen LogP contribution in [0.15, 0.2) is 40.9 Å². The number of nitrogen functional groups attached to an aromatic ring is 1. The standard InChI is InChI=1S/C16H14BrNO3/c17-13-4-3-11(18)9-12(13)16(19)10-2-5-14-15(8-10)21-7-1-6-20-14/h2-5,8-9H,1,6-7,18H2. The minimum atomic E-state index is -0.107. The van der Waals surface area contributed by atoms with Gasteiger partial charge in [-0.25, -0.2) is 0 Å². The quantitative estimate of drug-likeness (QED) is 0.667. The molecule has 4 nitrogen and oxygen atoms in total. The lowest BCUT2D eigenvalue weighted by Gasteiger charge is -2.10. The van der Waals surface area contributed by atoms with Crippen LogP contribution in [0.4, 0.5) is 5.69 Å². The predicted octanol–water partition coefficient (Wildman–Crippen LogP) is 3.42. The molecule has 2 aromatic carbocycles. The number of ketones is 1. The molecule has 0 saturated heterocycles. The van der Waals surface area contributed by atoms with E-state index in [2.05, 4.69) is 15.9 Å². The van der Waals surface area contributed by atoms with Crippen LogP contribution >= 0.6 is 15.9 Å². The molecular weight excluding hydrogens is 334 g/mol. The monoisotopic (exact) mass is 347 g/mol. The van der Waals surface area contributed by atoms with Crippen LogP contribution in [-0.2, 0) is 0 Å². The zero-order valence-corrected chi connectivity index (χ0v) is 12.9. The van der Waals surface area contributed by atoms with E-state index in [9.17, 15) is 4.79 Å². The summed E-state index contributed by atoms with van der Waals surface area (Å²) in [7, 11) is 0. The molecule has 0 amide bonds. The van der Waals surface area contributed by atoms with Gasteiger partial charge in [0, 0.05) is 27.7 Å². The van der Waals surface area contributed by atoms with Crippen molar-refractivity contribution in [3.63, 3.8) is 0 Å². The third kappa shape index (κ3) is 2.88. The van der Waals surface area contributed by atoms with Crippen LogP contribution in [0, 0.1) is 0 Å². The summed E-state index contributed by atoms with van der Waals surface area (Å²) >= 11 is 3.38. The Labute approximate surface area is 131 Å². The molecule has 0 bridgehead atoms. The second-order valence-electron chi connectivity index (χ2n) is 4.78. The summed E-state index contributed by atoms with van der Waals surface area (Å²) in [6.45, 7) is 1.22.